The van der Waals surface area contributed by atoms with Crippen LogP contribution in [0.15, 0.2) is 66.9 Å². The van der Waals surface area contributed by atoms with Crippen LogP contribution in [0.1, 0.15) is 20.8 Å². The molecule has 0 aromatic heterocycles. The summed E-state index contributed by atoms with van der Waals surface area (Å²) in [4.78, 5) is 11.9. The van der Waals surface area contributed by atoms with Crippen LogP contribution in [0.3, 0.4) is 0 Å². The van der Waals surface area contributed by atoms with Gasteiger partial charge in [0.2, 0.25) is 0 Å². The van der Waals surface area contributed by atoms with E-state index in [0.717, 1.165) is 11.4 Å². The lowest BCUT2D eigenvalue weighted by atomic mass is 9.91. The van der Waals surface area contributed by atoms with Crippen molar-refractivity contribution in [2.75, 3.05) is 5.32 Å². The van der Waals surface area contributed by atoms with Crippen molar-refractivity contribution in [1.29, 1.82) is 0 Å². The number of ketones is 1. The first-order valence-electron chi connectivity index (χ1n) is 7.26. The van der Waals surface area contributed by atoms with Crippen molar-refractivity contribution in [3.8, 4) is 11.5 Å². The second-order valence-electron chi connectivity index (χ2n) is 6.00. The predicted molar refractivity (Wildman–Crippen MR) is 90.2 cm³/mol. The highest BCUT2D eigenvalue weighted by Crippen LogP contribution is 2.29. The Hall–Kier alpha value is -2.55. The van der Waals surface area contributed by atoms with Crippen LogP contribution in [0.5, 0.6) is 11.5 Å². The van der Waals surface area contributed by atoms with Crippen LogP contribution < -0.4 is 10.1 Å². The number of carbonyl (C=O) groups excluding carboxylic acids is 1. The van der Waals surface area contributed by atoms with Gasteiger partial charge in [0, 0.05) is 11.6 Å². The Morgan fingerprint density at radius 3 is 2.32 bits per heavy atom. The number of rotatable bonds is 5. The van der Waals surface area contributed by atoms with E-state index in [4.69, 9.17) is 4.74 Å². The zero-order valence-corrected chi connectivity index (χ0v) is 13.2. The highest BCUT2D eigenvalue weighted by Gasteiger charge is 2.17. The molecule has 3 heteroatoms. The zero-order chi connectivity index (χ0) is 16.0. The Morgan fingerprint density at radius 2 is 1.64 bits per heavy atom. The highest BCUT2D eigenvalue weighted by atomic mass is 16.5. The fourth-order valence-corrected chi connectivity index (χ4v) is 1.75. The summed E-state index contributed by atoms with van der Waals surface area (Å²) in [6.45, 7) is 5.68. The van der Waals surface area contributed by atoms with Crippen molar-refractivity contribution in [3.63, 3.8) is 0 Å². The van der Waals surface area contributed by atoms with Crippen molar-refractivity contribution in [2.45, 2.75) is 20.8 Å². The fourth-order valence-electron chi connectivity index (χ4n) is 1.75. The molecule has 0 atom stereocenters. The molecule has 0 unspecified atom stereocenters. The van der Waals surface area contributed by atoms with Crippen molar-refractivity contribution in [1.82, 2.24) is 0 Å². The van der Waals surface area contributed by atoms with E-state index in [1.165, 1.54) is 0 Å². The molecule has 0 aliphatic heterocycles. The fraction of sp³-hybridized carbons (Fsp3) is 0.211. The lowest BCUT2D eigenvalue weighted by Gasteiger charge is -2.13. The van der Waals surface area contributed by atoms with Gasteiger partial charge in [-0.2, -0.15) is 0 Å². The number of nitrogens with one attached hydrogen (secondary N) is 1. The van der Waals surface area contributed by atoms with Gasteiger partial charge in [0.15, 0.2) is 11.5 Å². The van der Waals surface area contributed by atoms with Crippen LogP contribution in [-0.4, -0.2) is 5.78 Å². The lowest BCUT2D eigenvalue weighted by Crippen LogP contribution is -2.17. The van der Waals surface area contributed by atoms with E-state index in [2.05, 4.69) is 5.32 Å². The van der Waals surface area contributed by atoms with Crippen molar-refractivity contribution >= 4 is 11.5 Å². The molecular formula is C19H21NO2. The summed E-state index contributed by atoms with van der Waals surface area (Å²) in [5, 5.41) is 3.11. The van der Waals surface area contributed by atoms with E-state index < -0.39 is 0 Å². The summed E-state index contributed by atoms with van der Waals surface area (Å²) < 4.78 is 5.85. The van der Waals surface area contributed by atoms with E-state index in [-0.39, 0.29) is 11.2 Å². The maximum atomic E-state index is 11.9. The number of benzene rings is 2. The quantitative estimate of drug-likeness (QED) is 0.787. The maximum absolute atomic E-state index is 11.9. The summed E-state index contributed by atoms with van der Waals surface area (Å²) >= 11 is 0. The van der Waals surface area contributed by atoms with Gasteiger partial charge in [-0.3, -0.25) is 4.79 Å². The number of ether oxygens (including phenoxy) is 1. The molecule has 0 amide bonds. The monoisotopic (exact) mass is 295 g/mol. The number of allylic oxidation sites excluding steroid dienone is 1. The van der Waals surface area contributed by atoms with E-state index in [9.17, 15) is 4.79 Å². The molecule has 0 bridgehead atoms. The Kier molecular flexibility index (Phi) is 4.99. The Balaban J connectivity index is 2.09. The van der Waals surface area contributed by atoms with Gasteiger partial charge >= 0.3 is 0 Å². The molecule has 0 spiro atoms. The summed E-state index contributed by atoms with van der Waals surface area (Å²) in [5.74, 6) is 1.55. The lowest BCUT2D eigenvalue weighted by molar-refractivity contribution is -0.121. The second-order valence-corrected chi connectivity index (χ2v) is 6.00. The molecular weight excluding hydrogens is 274 g/mol. The summed E-state index contributed by atoms with van der Waals surface area (Å²) in [6.07, 6.45) is 3.21. The molecule has 3 nitrogen and oxygen atoms in total. The van der Waals surface area contributed by atoms with Crippen LogP contribution in [0.4, 0.5) is 5.69 Å². The minimum Gasteiger partial charge on any atom is -0.455 e. The second kappa shape index (κ2) is 6.94. The Labute approximate surface area is 131 Å². The summed E-state index contributed by atoms with van der Waals surface area (Å²) in [6, 6.07) is 17.2. The van der Waals surface area contributed by atoms with Crippen LogP contribution in [0, 0.1) is 5.41 Å². The molecule has 1 N–H and O–H groups in total. The van der Waals surface area contributed by atoms with Gasteiger partial charge in [-0.1, -0.05) is 51.1 Å². The average Bonchev–Trinajstić information content (AvgIpc) is 2.49. The number of para-hydroxylation sites is 3. The molecule has 0 aliphatic carbocycles. The molecule has 2 aromatic rings. The molecule has 2 aromatic carbocycles. The van der Waals surface area contributed by atoms with Gasteiger partial charge in [0.25, 0.3) is 0 Å². The van der Waals surface area contributed by atoms with Gasteiger partial charge in [-0.15, -0.1) is 0 Å². The van der Waals surface area contributed by atoms with Gasteiger partial charge < -0.3 is 10.1 Å². The smallest absolute Gasteiger partial charge is 0.162 e. The van der Waals surface area contributed by atoms with Crippen molar-refractivity contribution in [3.05, 3.63) is 66.9 Å². The molecule has 0 heterocycles. The SMILES string of the molecule is CC(C)(C)C(=O)C=CNc1ccccc1Oc1ccccc1. The average molecular weight is 295 g/mol. The van der Waals surface area contributed by atoms with Crippen LogP contribution in [0.25, 0.3) is 0 Å². The van der Waals surface area contributed by atoms with Gasteiger partial charge in [-0.05, 0) is 30.3 Å². The number of hydrogen-bond acceptors (Lipinski definition) is 3. The molecule has 0 aliphatic rings. The maximum Gasteiger partial charge on any atom is 0.162 e. The number of hydrogen-bond donors (Lipinski definition) is 1. The molecule has 0 saturated carbocycles. The van der Waals surface area contributed by atoms with Gasteiger partial charge in [0.1, 0.15) is 5.75 Å². The third-order valence-electron chi connectivity index (χ3n) is 3.07. The topological polar surface area (TPSA) is 38.3 Å². The Bertz CT molecular complexity index is 655. The molecule has 22 heavy (non-hydrogen) atoms. The standard InChI is InChI=1S/C19H21NO2/c1-19(2,3)18(21)13-14-20-16-11-7-8-12-17(16)22-15-9-5-4-6-10-15/h4-14,20H,1-3H3. The van der Waals surface area contributed by atoms with Crippen molar-refractivity contribution < 1.29 is 9.53 Å². The summed E-state index contributed by atoms with van der Waals surface area (Å²) in [7, 11) is 0. The molecule has 0 saturated heterocycles. The van der Waals surface area contributed by atoms with Gasteiger partial charge in [-0.25, -0.2) is 0 Å². The molecule has 114 valence electrons. The zero-order valence-electron chi connectivity index (χ0n) is 13.2. The van der Waals surface area contributed by atoms with E-state index in [1.807, 2.05) is 75.4 Å². The van der Waals surface area contributed by atoms with Crippen LogP contribution in [-0.2, 0) is 4.79 Å². The minimum atomic E-state index is -0.377. The van der Waals surface area contributed by atoms with E-state index in [0.29, 0.717) is 5.75 Å². The Morgan fingerprint density at radius 1 is 1.00 bits per heavy atom. The highest BCUT2D eigenvalue weighted by molar-refractivity contribution is 5.94. The van der Waals surface area contributed by atoms with Gasteiger partial charge in [0.05, 0.1) is 5.69 Å². The molecule has 0 fully saturated rings. The summed E-state index contributed by atoms with van der Waals surface area (Å²) in [5.41, 5.74) is 0.433. The number of anilines is 1. The van der Waals surface area contributed by atoms with Crippen LogP contribution >= 0.6 is 0 Å². The largest absolute Gasteiger partial charge is 0.455 e. The third kappa shape index (κ3) is 4.48. The third-order valence-corrected chi connectivity index (χ3v) is 3.07. The minimum absolute atomic E-state index is 0.0708. The first-order chi connectivity index (χ1) is 10.5. The number of carbonyl (C=O) groups is 1. The predicted octanol–water partition coefficient (Wildman–Crippen LogP) is 5.02. The van der Waals surface area contributed by atoms with E-state index >= 15 is 0 Å². The van der Waals surface area contributed by atoms with Crippen LogP contribution in [0.2, 0.25) is 0 Å². The molecule has 2 rings (SSSR count). The normalized spacial score (nSPS) is 11.4. The van der Waals surface area contributed by atoms with Crippen molar-refractivity contribution in [2.24, 2.45) is 5.41 Å². The first kappa shape index (κ1) is 15.8. The first-order valence-corrected chi connectivity index (χ1v) is 7.26. The van der Waals surface area contributed by atoms with E-state index in [1.54, 1.807) is 12.3 Å². The molecule has 0 radical (unpaired) electrons.